The van der Waals surface area contributed by atoms with Crippen LogP contribution in [-0.2, 0) is 9.59 Å². The Bertz CT molecular complexity index is 947. The van der Waals surface area contributed by atoms with Crippen LogP contribution in [0, 0.1) is 0 Å². The number of carbonyl (C=O) groups is 2. The molecular formula is C23H30N3O5+. The van der Waals surface area contributed by atoms with Crippen LogP contribution in [0.4, 0.5) is 11.4 Å². The number of likely N-dealkylation sites (tertiary alicyclic amines) is 1. The van der Waals surface area contributed by atoms with Crippen LogP contribution < -0.4 is 29.7 Å². The van der Waals surface area contributed by atoms with Crippen molar-refractivity contribution in [3.05, 3.63) is 42.0 Å². The molecule has 2 aromatic rings. The van der Waals surface area contributed by atoms with Crippen molar-refractivity contribution in [1.29, 1.82) is 0 Å². The first-order chi connectivity index (χ1) is 14.9. The molecule has 1 unspecified atom stereocenters. The minimum absolute atomic E-state index is 0.123. The SMILES string of the molecule is COc1ccc(OC)c([C@@H]2CCC[NH+]2CC(=O)Nc2cc(NC(C)=O)ccc2OC)c1. The van der Waals surface area contributed by atoms with Gasteiger partial charge in [0.05, 0.1) is 39.1 Å². The van der Waals surface area contributed by atoms with E-state index in [1.807, 2.05) is 18.2 Å². The summed E-state index contributed by atoms with van der Waals surface area (Å²) in [6.45, 7) is 2.63. The van der Waals surface area contributed by atoms with Crippen molar-refractivity contribution in [2.75, 3.05) is 45.1 Å². The van der Waals surface area contributed by atoms with Gasteiger partial charge in [-0.15, -0.1) is 0 Å². The summed E-state index contributed by atoms with van der Waals surface area (Å²) in [5.41, 5.74) is 2.16. The average molecular weight is 429 g/mol. The molecule has 0 aromatic heterocycles. The third kappa shape index (κ3) is 5.46. The molecule has 8 heteroatoms. The van der Waals surface area contributed by atoms with Crippen LogP contribution >= 0.6 is 0 Å². The highest BCUT2D eigenvalue weighted by Crippen LogP contribution is 2.32. The van der Waals surface area contributed by atoms with E-state index in [2.05, 4.69) is 10.6 Å². The van der Waals surface area contributed by atoms with Crippen molar-refractivity contribution < 1.29 is 28.7 Å². The third-order valence-electron chi connectivity index (χ3n) is 5.48. The highest BCUT2D eigenvalue weighted by Gasteiger charge is 2.34. The molecule has 0 spiro atoms. The van der Waals surface area contributed by atoms with E-state index in [0.717, 1.165) is 36.4 Å². The van der Waals surface area contributed by atoms with Gasteiger partial charge in [0.15, 0.2) is 6.54 Å². The van der Waals surface area contributed by atoms with Crippen molar-refractivity contribution >= 4 is 23.2 Å². The molecule has 8 nitrogen and oxygen atoms in total. The summed E-state index contributed by atoms with van der Waals surface area (Å²) in [6.07, 6.45) is 1.99. The number of amides is 2. The highest BCUT2D eigenvalue weighted by atomic mass is 16.5. The number of carbonyl (C=O) groups excluding carboxylic acids is 2. The Hall–Kier alpha value is -3.26. The lowest BCUT2D eigenvalue weighted by Crippen LogP contribution is -3.11. The second-order valence-electron chi connectivity index (χ2n) is 7.53. The third-order valence-corrected chi connectivity index (χ3v) is 5.48. The molecule has 1 heterocycles. The van der Waals surface area contributed by atoms with Gasteiger partial charge in [-0.1, -0.05) is 0 Å². The Labute approximate surface area is 182 Å². The molecule has 1 saturated heterocycles. The summed E-state index contributed by atoms with van der Waals surface area (Å²) in [5, 5.41) is 5.65. The molecule has 2 amide bonds. The number of anilines is 2. The molecule has 166 valence electrons. The average Bonchev–Trinajstić information content (AvgIpc) is 3.20. The zero-order valence-corrected chi connectivity index (χ0v) is 18.4. The first kappa shape index (κ1) is 22.4. The van der Waals surface area contributed by atoms with Gasteiger partial charge < -0.3 is 29.7 Å². The number of benzene rings is 2. The van der Waals surface area contributed by atoms with Crippen molar-refractivity contribution in [2.45, 2.75) is 25.8 Å². The fraction of sp³-hybridized carbons (Fsp3) is 0.391. The van der Waals surface area contributed by atoms with Crippen molar-refractivity contribution in [2.24, 2.45) is 0 Å². The van der Waals surface area contributed by atoms with Crippen LogP contribution in [0.3, 0.4) is 0 Å². The second-order valence-corrected chi connectivity index (χ2v) is 7.53. The van der Waals surface area contributed by atoms with Gasteiger partial charge >= 0.3 is 0 Å². The summed E-state index contributed by atoms with van der Waals surface area (Å²) in [4.78, 5) is 25.4. The first-order valence-corrected chi connectivity index (χ1v) is 10.3. The van der Waals surface area contributed by atoms with E-state index in [-0.39, 0.29) is 17.9 Å². The lowest BCUT2D eigenvalue weighted by atomic mass is 10.0. The largest absolute Gasteiger partial charge is 0.497 e. The Morgan fingerprint density at radius 1 is 1.00 bits per heavy atom. The van der Waals surface area contributed by atoms with Crippen LogP contribution in [0.2, 0.25) is 0 Å². The highest BCUT2D eigenvalue weighted by molar-refractivity contribution is 5.95. The number of hydrogen-bond donors (Lipinski definition) is 3. The summed E-state index contributed by atoms with van der Waals surface area (Å²) in [7, 11) is 4.83. The van der Waals surface area contributed by atoms with Crippen LogP contribution in [0.15, 0.2) is 36.4 Å². The zero-order chi connectivity index (χ0) is 22.4. The van der Waals surface area contributed by atoms with E-state index in [4.69, 9.17) is 14.2 Å². The van der Waals surface area contributed by atoms with Gasteiger partial charge in [0.1, 0.15) is 23.3 Å². The van der Waals surface area contributed by atoms with Gasteiger partial charge in [0, 0.05) is 25.5 Å². The van der Waals surface area contributed by atoms with E-state index in [1.54, 1.807) is 39.5 Å². The molecule has 3 rings (SSSR count). The molecule has 31 heavy (non-hydrogen) atoms. The molecule has 3 N–H and O–H groups in total. The normalized spacial score (nSPS) is 17.7. The monoisotopic (exact) mass is 428 g/mol. The van der Waals surface area contributed by atoms with Crippen LogP contribution in [0.25, 0.3) is 0 Å². The standard InChI is InChI=1S/C23H29N3O5/c1-15(27)24-16-7-9-22(31-4)19(12-16)25-23(28)14-26-11-5-6-20(26)18-13-17(29-2)8-10-21(18)30-3/h7-10,12-13,20H,5-6,11,14H2,1-4H3,(H,24,27)(H,25,28)/p+1/t20-/m0/s1. The molecular weight excluding hydrogens is 398 g/mol. The summed E-state index contributed by atoms with van der Waals surface area (Å²) in [6, 6.07) is 11.1. The van der Waals surface area contributed by atoms with E-state index >= 15 is 0 Å². The number of rotatable bonds is 8. The predicted octanol–water partition coefficient (Wildman–Crippen LogP) is 2.03. The Balaban J connectivity index is 1.75. The van der Waals surface area contributed by atoms with E-state index < -0.39 is 0 Å². The van der Waals surface area contributed by atoms with Gasteiger partial charge in [0.25, 0.3) is 5.91 Å². The summed E-state index contributed by atoms with van der Waals surface area (Å²) < 4.78 is 16.3. The van der Waals surface area contributed by atoms with Gasteiger partial charge in [-0.25, -0.2) is 0 Å². The molecule has 0 saturated carbocycles. The van der Waals surface area contributed by atoms with Crippen molar-refractivity contribution in [1.82, 2.24) is 0 Å². The molecule has 0 bridgehead atoms. The minimum atomic E-state index is -0.181. The Kier molecular flexibility index (Phi) is 7.36. The van der Waals surface area contributed by atoms with Gasteiger partial charge in [0.2, 0.25) is 5.91 Å². The maximum atomic E-state index is 12.9. The molecule has 1 fully saturated rings. The van der Waals surface area contributed by atoms with E-state index in [9.17, 15) is 9.59 Å². The lowest BCUT2D eigenvalue weighted by Gasteiger charge is -2.23. The van der Waals surface area contributed by atoms with E-state index in [1.165, 1.54) is 11.8 Å². The smallest absolute Gasteiger partial charge is 0.279 e. The Morgan fingerprint density at radius 2 is 1.74 bits per heavy atom. The number of methoxy groups -OCH3 is 3. The van der Waals surface area contributed by atoms with Gasteiger partial charge in [-0.3, -0.25) is 9.59 Å². The maximum Gasteiger partial charge on any atom is 0.279 e. The number of ether oxygens (including phenoxy) is 3. The molecule has 1 aliphatic heterocycles. The lowest BCUT2D eigenvalue weighted by molar-refractivity contribution is -0.910. The fourth-order valence-corrected chi connectivity index (χ4v) is 4.10. The second kappa shape index (κ2) is 10.2. The molecule has 1 aliphatic rings. The number of quaternary nitrogens is 1. The molecule has 0 radical (unpaired) electrons. The quantitative estimate of drug-likeness (QED) is 0.599. The molecule has 2 aromatic carbocycles. The number of nitrogens with one attached hydrogen (secondary N) is 3. The predicted molar refractivity (Wildman–Crippen MR) is 118 cm³/mol. The zero-order valence-electron chi connectivity index (χ0n) is 18.4. The fourth-order valence-electron chi connectivity index (χ4n) is 4.10. The van der Waals surface area contributed by atoms with Crippen molar-refractivity contribution in [3.8, 4) is 17.2 Å². The van der Waals surface area contributed by atoms with Gasteiger partial charge in [-0.05, 0) is 36.4 Å². The van der Waals surface area contributed by atoms with Crippen LogP contribution in [-0.4, -0.2) is 46.2 Å². The minimum Gasteiger partial charge on any atom is -0.497 e. The maximum absolute atomic E-state index is 12.9. The topological polar surface area (TPSA) is 90.3 Å². The number of hydrogen-bond acceptors (Lipinski definition) is 5. The molecule has 0 aliphatic carbocycles. The summed E-state index contributed by atoms with van der Waals surface area (Å²) >= 11 is 0. The first-order valence-electron chi connectivity index (χ1n) is 10.3. The van der Waals surface area contributed by atoms with Crippen LogP contribution in [0.5, 0.6) is 17.2 Å². The van der Waals surface area contributed by atoms with Crippen LogP contribution in [0.1, 0.15) is 31.4 Å². The Morgan fingerprint density at radius 3 is 2.42 bits per heavy atom. The van der Waals surface area contributed by atoms with Crippen molar-refractivity contribution in [3.63, 3.8) is 0 Å². The molecule has 2 atom stereocenters. The van der Waals surface area contributed by atoms with E-state index in [0.29, 0.717) is 23.7 Å². The summed E-state index contributed by atoms with van der Waals surface area (Å²) in [5.74, 6) is 1.80. The van der Waals surface area contributed by atoms with Gasteiger partial charge in [-0.2, -0.15) is 0 Å².